The Hall–Kier alpha value is -1.09. The van der Waals surface area contributed by atoms with Crippen LogP contribution < -0.4 is 0 Å². The summed E-state index contributed by atoms with van der Waals surface area (Å²) in [5.74, 6) is 1.21. The molecular formula is C17H26FNO. The van der Waals surface area contributed by atoms with Crippen molar-refractivity contribution in [3.8, 4) is 5.75 Å². The quantitative estimate of drug-likeness (QED) is 0.889. The maximum atomic E-state index is 14.0. The van der Waals surface area contributed by atoms with Gasteiger partial charge in [0.15, 0.2) is 0 Å². The van der Waals surface area contributed by atoms with Crippen molar-refractivity contribution in [1.29, 1.82) is 0 Å². The molecule has 2 unspecified atom stereocenters. The fourth-order valence-corrected chi connectivity index (χ4v) is 3.25. The van der Waals surface area contributed by atoms with Crippen LogP contribution in [0.5, 0.6) is 5.75 Å². The molecule has 20 heavy (non-hydrogen) atoms. The van der Waals surface area contributed by atoms with E-state index in [9.17, 15) is 9.50 Å². The second-order valence-corrected chi connectivity index (χ2v) is 6.35. The van der Waals surface area contributed by atoms with Crippen LogP contribution in [0.4, 0.5) is 4.39 Å². The van der Waals surface area contributed by atoms with Crippen molar-refractivity contribution in [2.24, 2.45) is 11.8 Å². The van der Waals surface area contributed by atoms with Crippen molar-refractivity contribution in [3.63, 3.8) is 0 Å². The van der Waals surface area contributed by atoms with Gasteiger partial charge in [-0.1, -0.05) is 19.9 Å². The number of benzene rings is 1. The molecule has 0 bridgehead atoms. The van der Waals surface area contributed by atoms with Crippen molar-refractivity contribution < 1.29 is 9.50 Å². The number of likely N-dealkylation sites (tertiary alicyclic amines) is 1. The third-order valence-electron chi connectivity index (χ3n) is 4.73. The lowest BCUT2D eigenvalue weighted by Crippen LogP contribution is -2.29. The van der Waals surface area contributed by atoms with Crippen LogP contribution in [0.25, 0.3) is 0 Å². The van der Waals surface area contributed by atoms with Crippen LogP contribution in [0, 0.1) is 17.7 Å². The second-order valence-electron chi connectivity index (χ2n) is 6.35. The molecular weight excluding hydrogens is 253 g/mol. The predicted molar refractivity (Wildman–Crippen MR) is 80.2 cm³/mol. The van der Waals surface area contributed by atoms with Gasteiger partial charge in [0.25, 0.3) is 0 Å². The Morgan fingerprint density at radius 2 is 1.95 bits per heavy atom. The van der Waals surface area contributed by atoms with Gasteiger partial charge in [-0.25, -0.2) is 4.39 Å². The summed E-state index contributed by atoms with van der Waals surface area (Å²) in [6.07, 6.45) is 3.66. The van der Waals surface area contributed by atoms with Crippen LogP contribution >= 0.6 is 0 Å². The molecule has 1 aliphatic heterocycles. The Morgan fingerprint density at radius 3 is 2.60 bits per heavy atom. The van der Waals surface area contributed by atoms with Crippen molar-refractivity contribution >= 4 is 0 Å². The number of aromatic hydroxyl groups is 1. The number of phenols is 1. The molecule has 1 saturated heterocycles. The third-order valence-corrected chi connectivity index (χ3v) is 4.73. The monoisotopic (exact) mass is 279 g/mol. The van der Waals surface area contributed by atoms with Gasteiger partial charge in [-0.3, -0.25) is 4.90 Å². The van der Waals surface area contributed by atoms with Gasteiger partial charge in [0.2, 0.25) is 0 Å². The minimum absolute atomic E-state index is 0.00538. The zero-order valence-electron chi connectivity index (χ0n) is 12.8. The summed E-state index contributed by atoms with van der Waals surface area (Å²) in [6, 6.07) is 4.56. The van der Waals surface area contributed by atoms with Gasteiger partial charge in [0.05, 0.1) is 0 Å². The van der Waals surface area contributed by atoms with Crippen LogP contribution in [-0.2, 0) is 0 Å². The molecule has 1 N–H and O–H groups in total. The van der Waals surface area contributed by atoms with Gasteiger partial charge in [0.1, 0.15) is 11.6 Å². The molecule has 2 atom stereocenters. The largest absolute Gasteiger partial charge is 0.508 e. The zero-order valence-corrected chi connectivity index (χ0v) is 12.8. The van der Waals surface area contributed by atoms with Gasteiger partial charge in [-0.2, -0.15) is 0 Å². The first-order valence-electron chi connectivity index (χ1n) is 7.71. The minimum atomic E-state index is -0.304. The number of hydrogen-bond donors (Lipinski definition) is 1. The average molecular weight is 279 g/mol. The summed E-state index contributed by atoms with van der Waals surface area (Å²) in [5, 5.41) is 9.32. The topological polar surface area (TPSA) is 23.5 Å². The van der Waals surface area contributed by atoms with Gasteiger partial charge >= 0.3 is 0 Å². The molecule has 1 heterocycles. The molecule has 0 aromatic heterocycles. The zero-order chi connectivity index (χ0) is 14.7. The van der Waals surface area contributed by atoms with Gasteiger partial charge in [-0.05, 0) is 57.2 Å². The van der Waals surface area contributed by atoms with E-state index in [2.05, 4.69) is 25.7 Å². The summed E-state index contributed by atoms with van der Waals surface area (Å²) in [5.41, 5.74) is 0.686. The molecule has 2 nitrogen and oxygen atoms in total. The molecule has 112 valence electrons. The van der Waals surface area contributed by atoms with E-state index in [0.29, 0.717) is 5.56 Å². The summed E-state index contributed by atoms with van der Waals surface area (Å²) in [6.45, 7) is 8.72. The first kappa shape index (κ1) is 15.3. The van der Waals surface area contributed by atoms with E-state index in [1.54, 1.807) is 12.1 Å². The fourth-order valence-electron chi connectivity index (χ4n) is 3.25. The molecule has 0 spiro atoms. The number of halogens is 1. The highest BCUT2D eigenvalue weighted by molar-refractivity contribution is 5.29. The first-order valence-corrected chi connectivity index (χ1v) is 7.71. The lowest BCUT2D eigenvalue weighted by Gasteiger charge is -2.28. The Bertz CT molecular complexity index is 447. The highest BCUT2D eigenvalue weighted by Crippen LogP contribution is 2.30. The Morgan fingerprint density at radius 1 is 1.20 bits per heavy atom. The molecule has 2 rings (SSSR count). The van der Waals surface area contributed by atoms with Crippen molar-refractivity contribution in [2.45, 2.75) is 46.1 Å². The number of phenolic OH excluding ortho intramolecular Hbond substituents is 1. The number of nitrogens with zero attached hydrogens (tertiary/aromatic N) is 1. The Balaban J connectivity index is 2.07. The molecule has 1 aliphatic rings. The van der Waals surface area contributed by atoms with E-state index >= 15 is 0 Å². The molecule has 0 amide bonds. The Labute approximate surface area is 121 Å². The highest BCUT2D eigenvalue weighted by atomic mass is 19.1. The maximum Gasteiger partial charge on any atom is 0.131 e. The minimum Gasteiger partial charge on any atom is -0.508 e. The fraction of sp³-hybridized carbons (Fsp3) is 0.647. The summed E-state index contributed by atoms with van der Waals surface area (Å²) >= 11 is 0. The summed E-state index contributed by atoms with van der Waals surface area (Å²) < 4.78 is 14.0. The van der Waals surface area contributed by atoms with E-state index in [0.717, 1.165) is 24.9 Å². The normalized spacial score (nSPS) is 22.8. The SMILES string of the molecule is CC(C)C1CCCN(C(C)c2ccc(O)cc2F)CC1. The smallest absolute Gasteiger partial charge is 0.131 e. The Kier molecular flexibility index (Phi) is 5.03. The molecule has 0 aliphatic carbocycles. The molecule has 1 aromatic rings. The van der Waals surface area contributed by atoms with E-state index < -0.39 is 0 Å². The van der Waals surface area contributed by atoms with E-state index in [1.165, 1.54) is 25.3 Å². The molecule has 0 saturated carbocycles. The third kappa shape index (κ3) is 3.51. The van der Waals surface area contributed by atoms with Crippen molar-refractivity contribution in [3.05, 3.63) is 29.6 Å². The summed E-state index contributed by atoms with van der Waals surface area (Å²) in [4.78, 5) is 2.37. The van der Waals surface area contributed by atoms with Crippen LogP contribution in [0.3, 0.4) is 0 Å². The van der Waals surface area contributed by atoms with E-state index in [-0.39, 0.29) is 17.6 Å². The standard InChI is InChI=1S/C17H26FNO/c1-12(2)14-5-4-9-19(10-8-14)13(3)16-7-6-15(20)11-17(16)18/h6-7,11-14,20H,4-5,8-10H2,1-3H3. The van der Waals surface area contributed by atoms with Crippen LogP contribution in [-0.4, -0.2) is 23.1 Å². The second kappa shape index (κ2) is 6.57. The van der Waals surface area contributed by atoms with Crippen LogP contribution in [0.15, 0.2) is 18.2 Å². The van der Waals surface area contributed by atoms with Crippen LogP contribution in [0.1, 0.15) is 51.6 Å². The number of rotatable bonds is 3. The van der Waals surface area contributed by atoms with Gasteiger partial charge in [0, 0.05) is 17.7 Å². The molecule has 0 radical (unpaired) electrons. The molecule has 3 heteroatoms. The van der Waals surface area contributed by atoms with Crippen LogP contribution in [0.2, 0.25) is 0 Å². The van der Waals surface area contributed by atoms with Crippen molar-refractivity contribution in [2.75, 3.05) is 13.1 Å². The predicted octanol–water partition coefficient (Wildman–Crippen LogP) is 4.35. The first-order chi connectivity index (χ1) is 9.49. The van der Waals surface area contributed by atoms with Gasteiger partial charge < -0.3 is 5.11 Å². The van der Waals surface area contributed by atoms with E-state index in [1.807, 2.05) is 0 Å². The molecule has 1 fully saturated rings. The summed E-state index contributed by atoms with van der Waals surface area (Å²) in [7, 11) is 0. The lowest BCUT2D eigenvalue weighted by atomic mass is 9.89. The average Bonchev–Trinajstić information content (AvgIpc) is 2.63. The number of hydrogen-bond acceptors (Lipinski definition) is 2. The molecule has 1 aromatic carbocycles. The maximum absolute atomic E-state index is 14.0. The van der Waals surface area contributed by atoms with E-state index in [4.69, 9.17) is 0 Å². The van der Waals surface area contributed by atoms with Gasteiger partial charge in [-0.15, -0.1) is 0 Å². The lowest BCUT2D eigenvalue weighted by molar-refractivity contribution is 0.209. The van der Waals surface area contributed by atoms with Crippen molar-refractivity contribution in [1.82, 2.24) is 4.90 Å². The highest BCUT2D eigenvalue weighted by Gasteiger charge is 2.24.